The minimum Gasteiger partial charge on any atom is -0.542 e. The average Bonchev–Trinajstić information content (AvgIpc) is 2.80. The number of carbonyl (C=O) groups excluding carboxylic acids is 2. The van der Waals surface area contributed by atoms with Gasteiger partial charge in [-0.3, -0.25) is 6.29 Å². The van der Waals surface area contributed by atoms with Gasteiger partial charge >= 0.3 is 0 Å². The summed E-state index contributed by atoms with van der Waals surface area (Å²) in [7, 11) is 0. The Morgan fingerprint density at radius 3 is 2.39 bits per heavy atom. The SMILES string of the molecule is C=O.CC.CC1CSC(CCCCC[C-]=O)N1.[HH].[V]. The molecule has 0 aromatic carbocycles. The van der Waals surface area contributed by atoms with E-state index >= 15 is 0 Å². The van der Waals surface area contributed by atoms with Gasteiger partial charge in [0.05, 0.1) is 5.37 Å². The molecule has 0 bridgehead atoms. The van der Waals surface area contributed by atoms with Gasteiger partial charge in [0.2, 0.25) is 0 Å². The maximum absolute atomic E-state index is 9.93. The van der Waals surface area contributed by atoms with Crippen LogP contribution in [0.15, 0.2) is 0 Å². The second kappa shape index (κ2) is 19.6. The third kappa shape index (κ3) is 14.3. The van der Waals surface area contributed by atoms with Gasteiger partial charge in [0.25, 0.3) is 0 Å². The van der Waals surface area contributed by atoms with Gasteiger partial charge in [0, 0.05) is 31.8 Å². The molecule has 0 aromatic heterocycles. The molecule has 0 saturated carbocycles. The molecule has 3 nitrogen and oxygen atoms in total. The van der Waals surface area contributed by atoms with E-state index in [9.17, 15) is 4.79 Å². The number of thioether (sulfide) groups is 1. The Labute approximate surface area is 130 Å². The third-order valence-electron chi connectivity index (χ3n) is 2.26. The van der Waals surface area contributed by atoms with E-state index in [1.807, 2.05) is 38.7 Å². The van der Waals surface area contributed by atoms with Gasteiger partial charge in [-0.05, 0) is 13.3 Å². The van der Waals surface area contributed by atoms with Crippen LogP contribution in [0.4, 0.5) is 0 Å². The molecule has 1 aliphatic rings. The van der Waals surface area contributed by atoms with Crippen molar-refractivity contribution in [3.05, 3.63) is 0 Å². The smallest absolute Gasteiger partial charge is 0.106 e. The molecule has 2 atom stereocenters. The maximum Gasteiger partial charge on any atom is 0.106 e. The van der Waals surface area contributed by atoms with Crippen LogP contribution in [0.3, 0.4) is 0 Å². The van der Waals surface area contributed by atoms with Crippen molar-refractivity contribution in [2.45, 2.75) is 64.3 Å². The van der Waals surface area contributed by atoms with E-state index in [-0.39, 0.29) is 20.0 Å². The zero-order chi connectivity index (χ0) is 13.5. The van der Waals surface area contributed by atoms with Gasteiger partial charge in [0.1, 0.15) is 6.79 Å². The summed E-state index contributed by atoms with van der Waals surface area (Å²) in [6.45, 7) is 8.23. The van der Waals surface area contributed by atoms with E-state index in [2.05, 4.69) is 12.2 Å². The molecule has 0 spiro atoms. The summed E-state index contributed by atoms with van der Waals surface area (Å²) in [6, 6.07) is 0.679. The van der Waals surface area contributed by atoms with Crippen molar-refractivity contribution in [3.63, 3.8) is 0 Å². The first kappa shape index (κ1) is 23.3. The first-order valence-electron chi connectivity index (χ1n) is 6.34. The summed E-state index contributed by atoms with van der Waals surface area (Å²) < 4.78 is 0. The molecule has 1 radical (unpaired) electrons. The second-order valence-electron chi connectivity index (χ2n) is 3.63. The Bertz CT molecular complexity index is 179. The van der Waals surface area contributed by atoms with Crippen molar-refractivity contribution >= 4 is 24.8 Å². The number of hydrogen-bond acceptors (Lipinski definition) is 4. The third-order valence-corrected chi connectivity index (χ3v) is 3.73. The summed E-state index contributed by atoms with van der Waals surface area (Å²) in [5.74, 6) is 1.24. The van der Waals surface area contributed by atoms with Crippen molar-refractivity contribution in [1.82, 2.24) is 5.32 Å². The van der Waals surface area contributed by atoms with Crippen molar-refractivity contribution in [2.24, 2.45) is 0 Å². The molecule has 1 rings (SSSR count). The van der Waals surface area contributed by atoms with E-state index in [1.54, 1.807) is 0 Å². The molecule has 0 aromatic rings. The monoisotopic (exact) mass is 313 g/mol. The number of carbonyl (C=O) groups is 1. The molecule has 2 unspecified atom stereocenters. The Balaban J connectivity index is -0.000000171. The predicted molar refractivity (Wildman–Crippen MR) is 78.2 cm³/mol. The Morgan fingerprint density at radius 2 is 1.94 bits per heavy atom. The predicted octanol–water partition coefficient (Wildman–Crippen LogP) is 3.18. The Hall–Kier alpha value is 0.234. The molecule has 1 fully saturated rings. The molecule has 0 amide bonds. The molecule has 5 heteroatoms. The minimum atomic E-state index is 0. The van der Waals surface area contributed by atoms with Crippen molar-refractivity contribution in [3.8, 4) is 0 Å². The molecule has 0 aliphatic carbocycles. The summed E-state index contributed by atoms with van der Waals surface area (Å²) in [4.78, 5) is 17.9. The van der Waals surface area contributed by atoms with E-state index in [0.29, 0.717) is 17.8 Å². The molecule has 1 heterocycles. The van der Waals surface area contributed by atoms with Gasteiger partial charge < -0.3 is 14.9 Å². The molecule has 1 aliphatic heterocycles. The first-order chi connectivity index (χ1) is 8.33. The van der Waals surface area contributed by atoms with Crippen LogP contribution >= 0.6 is 11.8 Å². The Morgan fingerprint density at radius 1 is 1.33 bits per heavy atom. The van der Waals surface area contributed by atoms with Crippen LogP contribution in [-0.2, 0) is 28.1 Å². The van der Waals surface area contributed by atoms with E-state index in [1.165, 1.54) is 25.0 Å². The van der Waals surface area contributed by atoms with Gasteiger partial charge in [0.15, 0.2) is 0 Å². The summed E-state index contributed by atoms with van der Waals surface area (Å²) >= 11 is 2.03. The standard InChI is InChI=1S/C10H18NOS.C2H6.CH2O.V.H2/c1-9-8-13-10(11-9)6-4-2-3-5-7-12;2*1-2;;/h9-11H,2-6,8H2,1H3;1-2H3;1H2;;1H/q-1;;;;. The Kier molecular flexibility index (Phi) is 25.4. The zero-order valence-corrected chi connectivity index (χ0v) is 14.0. The largest absolute Gasteiger partial charge is 0.542 e. The van der Waals surface area contributed by atoms with Crippen LogP contribution in [0.2, 0.25) is 0 Å². The van der Waals surface area contributed by atoms with E-state index in [4.69, 9.17) is 4.79 Å². The number of nitrogens with one attached hydrogen (secondary N) is 1. The molecular weight excluding hydrogens is 285 g/mol. The van der Waals surface area contributed by atoms with Crippen molar-refractivity contribution in [2.75, 3.05) is 5.75 Å². The number of rotatable bonds is 6. The number of unbranched alkanes of at least 4 members (excludes halogenated alkanes) is 3. The normalized spacial score (nSPS) is 20.6. The van der Waals surface area contributed by atoms with E-state index < -0.39 is 0 Å². The summed E-state index contributed by atoms with van der Waals surface area (Å²) in [6.07, 6.45) is 7.20. The fraction of sp³-hybridized carbons (Fsp3) is 0.846. The summed E-state index contributed by atoms with van der Waals surface area (Å²) in [5, 5.41) is 4.19. The van der Waals surface area contributed by atoms with Crippen LogP contribution in [-0.4, -0.2) is 30.2 Å². The van der Waals surface area contributed by atoms with Crippen molar-refractivity contribution in [1.29, 1.82) is 0 Å². The average molecular weight is 313 g/mol. The molecule has 1 N–H and O–H groups in total. The van der Waals surface area contributed by atoms with Crippen molar-refractivity contribution < 1.29 is 29.6 Å². The molecule has 109 valence electrons. The number of hydrogen-bond donors (Lipinski definition) is 1. The van der Waals surface area contributed by atoms with Crippen LogP contribution in [0.25, 0.3) is 0 Å². The topological polar surface area (TPSA) is 46.2 Å². The first-order valence-corrected chi connectivity index (χ1v) is 7.39. The van der Waals surface area contributed by atoms with Gasteiger partial charge in [-0.15, -0.1) is 11.8 Å². The van der Waals surface area contributed by atoms with Crippen LogP contribution in [0, 0.1) is 0 Å². The fourth-order valence-corrected chi connectivity index (χ4v) is 2.82. The minimum absolute atomic E-state index is 0. The van der Waals surface area contributed by atoms with Gasteiger partial charge in [-0.1, -0.05) is 33.1 Å². The van der Waals surface area contributed by atoms with Gasteiger partial charge in [-0.2, -0.15) is 6.42 Å². The van der Waals surface area contributed by atoms with Crippen LogP contribution in [0.5, 0.6) is 0 Å². The zero-order valence-electron chi connectivity index (χ0n) is 11.8. The second-order valence-corrected chi connectivity index (χ2v) is 4.87. The quantitative estimate of drug-likeness (QED) is 0.604. The van der Waals surface area contributed by atoms with Crippen LogP contribution in [0.1, 0.15) is 54.3 Å². The van der Waals surface area contributed by atoms with Gasteiger partial charge in [-0.25, -0.2) is 0 Å². The molecule has 1 saturated heterocycles. The van der Waals surface area contributed by atoms with E-state index in [0.717, 1.165) is 6.42 Å². The fourth-order valence-electron chi connectivity index (χ4n) is 1.54. The van der Waals surface area contributed by atoms with Crippen LogP contribution < -0.4 is 5.32 Å². The molecular formula is C13H28NO2SV-. The maximum atomic E-state index is 9.93. The molecule has 18 heavy (non-hydrogen) atoms. The summed E-state index contributed by atoms with van der Waals surface area (Å²) in [5.41, 5.74) is 0.